The van der Waals surface area contributed by atoms with Crippen LogP contribution in [0.25, 0.3) is 0 Å². The van der Waals surface area contributed by atoms with Gasteiger partial charge in [0.1, 0.15) is 0 Å². The Morgan fingerprint density at radius 3 is 2.71 bits per heavy atom. The molecule has 0 radical (unpaired) electrons. The fourth-order valence-electron chi connectivity index (χ4n) is 1.71. The number of hydrogen-bond donors (Lipinski definition) is 1. The molecule has 0 spiro atoms. The van der Waals surface area contributed by atoms with E-state index in [0.717, 1.165) is 16.9 Å². The van der Waals surface area contributed by atoms with Gasteiger partial charge in [-0.25, -0.2) is 0 Å². The quantitative estimate of drug-likeness (QED) is 0.629. The van der Waals surface area contributed by atoms with E-state index in [2.05, 4.69) is 32.8 Å². The molecule has 3 nitrogen and oxygen atoms in total. The Kier molecular flexibility index (Phi) is 5.77. The molecular formula is C10H19IN2O. The summed E-state index contributed by atoms with van der Waals surface area (Å²) in [5.41, 5.74) is 0. The van der Waals surface area contributed by atoms with Crippen molar-refractivity contribution < 1.29 is 4.79 Å². The minimum Gasteiger partial charge on any atom is -0.359 e. The average molecular weight is 310 g/mol. The summed E-state index contributed by atoms with van der Waals surface area (Å²) in [7, 11) is 1.70. The predicted octanol–water partition coefficient (Wildman–Crippen LogP) is 1.41. The molecule has 0 aromatic heterocycles. The van der Waals surface area contributed by atoms with Gasteiger partial charge in [0.15, 0.2) is 0 Å². The largest absolute Gasteiger partial charge is 0.359 e. The third kappa shape index (κ3) is 4.59. The molecule has 0 aliphatic carbocycles. The lowest BCUT2D eigenvalue weighted by Crippen LogP contribution is -2.35. The molecule has 1 aliphatic heterocycles. The highest BCUT2D eigenvalue weighted by Crippen LogP contribution is 2.17. The lowest BCUT2D eigenvalue weighted by molar-refractivity contribution is -0.120. The second-order valence-electron chi connectivity index (χ2n) is 3.79. The number of amides is 1. The standard InChI is InChI=1S/C10H19IN2O/c1-12-10(14)3-2-6-13-7-4-9(11)5-8-13/h9H,2-8H2,1H3,(H,12,14). The molecule has 0 aromatic carbocycles. The molecule has 14 heavy (non-hydrogen) atoms. The van der Waals surface area contributed by atoms with Gasteiger partial charge < -0.3 is 10.2 Å². The molecule has 1 saturated heterocycles. The van der Waals surface area contributed by atoms with E-state index in [1.165, 1.54) is 25.9 Å². The van der Waals surface area contributed by atoms with Crippen LogP contribution in [0.4, 0.5) is 0 Å². The molecule has 1 rings (SSSR count). The summed E-state index contributed by atoms with van der Waals surface area (Å²) < 4.78 is 0.864. The lowest BCUT2D eigenvalue weighted by Gasteiger charge is -2.29. The Morgan fingerprint density at radius 1 is 1.50 bits per heavy atom. The van der Waals surface area contributed by atoms with Crippen LogP contribution in [-0.2, 0) is 4.79 Å². The normalized spacial score (nSPS) is 19.6. The molecule has 1 amide bonds. The number of likely N-dealkylation sites (tertiary alicyclic amines) is 1. The van der Waals surface area contributed by atoms with Crippen LogP contribution in [0.1, 0.15) is 25.7 Å². The van der Waals surface area contributed by atoms with Gasteiger partial charge >= 0.3 is 0 Å². The van der Waals surface area contributed by atoms with Crippen molar-refractivity contribution in [3.8, 4) is 0 Å². The number of nitrogens with one attached hydrogen (secondary N) is 1. The number of carbonyl (C=O) groups is 1. The van der Waals surface area contributed by atoms with E-state index >= 15 is 0 Å². The Balaban J connectivity index is 2.04. The Bertz CT molecular complexity index is 179. The van der Waals surface area contributed by atoms with Gasteiger partial charge in [-0.1, -0.05) is 22.6 Å². The van der Waals surface area contributed by atoms with E-state index in [1.54, 1.807) is 7.05 Å². The van der Waals surface area contributed by atoms with Gasteiger partial charge in [0.05, 0.1) is 0 Å². The molecule has 1 fully saturated rings. The summed E-state index contributed by atoms with van der Waals surface area (Å²) in [6.45, 7) is 3.50. The molecule has 4 heteroatoms. The fraction of sp³-hybridized carbons (Fsp3) is 0.900. The van der Waals surface area contributed by atoms with Crippen LogP contribution >= 0.6 is 22.6 Å². The highest BCUT2D eigenvalue weighted by atomic mass is 127. The molecule has 1 aliphatic rings. The topological polar surface area (TPSA) is 32.3 Å². The van der Waals surface area contributed by atoms with Crippen LogP contribution in [-0.4, -0.2) is 41.4 Å². The molecule has 0 unspecified atom stereocenters. The van der Waals surface area contributed by atoms with Gasteiger partial charge in [-0.05, 0) is 38.9 Å². The number of nitrogens with zero attached hydrogens (tertiary/aromatic N) is 1. The molecule has 0 atom stereocenters. The maximum absolute atomic E-state index is 11.0. The number of hydrogen-bond acceptors (Lipinski definition) is 2. The fourth-order valence-corrected chi connectivity index (χ4v) is 2.27. The number of rotatable bonds is 4. The van der Waals surface area contributed by atoms with Gasteiger partial charge in [0.2, 0.25) is 5.91 Å². The van der Waals surface area contributed by atoms with E-state index in [-0.39, 0.29) is 5.91 Å². The number of piperidine rings is 1. The van der Waals surface area contributed by atoms with Crippen LogP contribution in [0.2, 0.25) is 0 Å². The number of carbonyl (C=O) groups excluding carboxylic acids is 1. The SMILES string of the molecule is CNC(=O)CCCN1CCC(I)CC1. The van der Waals surface area contributed by atoms with Gasteiger partial charge in [-0.3, -0.25) is 4.79 Å². The van der Waals surface area contributed by atoms with Crippen LogP contribution < -0.4 is 5.32 Å². The average Bonchev–Trinajstić information content (AvgIpc) is 2.21. The van der Waals surface area contributed by atoms with Crippen molar-refractivity contribution in [1.29, 1.82) is 0 Å². The predicted molar refractivity (Wildman–Crippen MR) is 66.8 cm³/mol. The van der Waals surface area contributed by atoms with E-state index < -0.39 is 0 Å². The van der Waals surface area contributed by atoms with Crippen molar-refractivity contribution in [3.05, 3.63) is 0 Å². The third-order valence-corrected chi connectivity index (χ3v) is 3.92. The molecule has 0 saturated carbocycles. The number of halogens is 1. The van der Waals surface area contributed by atoms with Crippen molar-refractivity contribution in [2.24, 2.45) is 0 Å². The van der Waals surface area contributed by atoms with Crippen LogP contribution in [0.3, 0.4) is 0 Å². The van der Waals surface area contributed by atoms with Gasteiger partial charge in [-0.2, -0.15) is 0 Å². The Labute approximate surface area is 99.8 Å². The van der Waals surface area contributed by atoms with E-state index in [9.17, 15) is 4.79 Å². The molecular weight excluding hydrogens is 291 g/mol. The monoisotopic (exact) mass is 310 g/mol. The van der Waals surface area contributed by atoms with Crippen molar-refractivity contribution in [3.63, 3.8) is 0 Å². The maximum atomic E-state index is 11.0. The smallest absolute Gasteiger partial charge is 0.219 e. The highest BCUT2D eigenvalue weighted by Gasteiger charge is 2.15. The van der Waals surface area contributed by atoms with E-state index in [1.807, 2.05) is 0 Å². The van der Waals surface area contributed by atoms with Crippen LogP contribution in [0, 0.1) is 0 Å². The number of alkyl halides is 1. The minimum atomic E-state index is 0.161. The molecule has 0 bridgehead atoms. The zero-order valence-electron chi connectivity index (χ0n) is 8.76. The van der Waals surface area contributed by atoms with Crippen molar-refractivity contribution in [2.75, 3.05) is 26.7 Å². The summed E-state index contributed by atoms with van der Waals surface area (Å²) in [5, 5.41) is 2.65. The van der Waals surface area contributed by atoms with Gasteiger partial charge in [-0.15, -0.1) is 0 Å². The van der Waals surface area contributed by atoms with Crippen LogP contribution in [0.15, 0.2) is 0 Å². The summed E-state index contributed by atoms with van der Waals surface area (Å²) in [6.07, 6.45) is 4.27. The minimum absolute atomic E-state index is 0.161. The zero-order chi connectivity index (χ0) is 10.4. The molecule has 1 heterocycles. The summed E-state index contributed by atoms with van der Waals surface area (Å²) >= 11 is 2.53. The van der Waals surface area contributed by atoms with Gasteiger partial charge in [0, 0.05) is 17.4 Å². The second-order valence-corrected chi connectivity index (χ2v) is 5.55. The molecule has 0 aromatic rings. The first-order chi connectivity index (χ1) is 6.72. The first kappa shape index (κ1) is 12.2. The van der Waals surface area contributed by atoms with Crippen LogP contribution in [0.5, 0.6) is 0 Å². The van der Waals surface area contributed by atoms with Crippen molar-refractivity contribution in [2.45, 2.75) is 29.6 Å². The maximum Gasteiger partial charge on any atom is 0.219 e. The van der Waals surface area contributed by atoms with Crippen molar-refractivity contribution in [1.82, 2.24) is 10.2 Å². The lowest BCUT2D eigenvalue weighted by atomic mass is 10.1. The summed E-state index contributed by atoms with van der Waals surface area (Å²) in [4.78, 5) is 13.4. The summed E-state index contributed by atoms with van der Waals surface area (Å²) in [6, 6.07) is 0. The second kappa shape index (κ2) is 6.61. The van der Waals surface area contributed by atoms with E-state index in [0.29, 0.717) is 6.42 Å². The van der Waals surface area contributed by atoms with Crippen molar-refractivity contribution >= 4 is 28.5 Å². The first-order valence-corrected chi connectivity index (χ1v) is 6.54. The Hall–Kier alpha value is 0.160. The third-order valence-electron chi connectivity index (χ3n) is 2.67. The summed E-state index contributed by atoms with van der Waals surface area (Å²) in [5.74, 6) is 0.161. The van der Waals surface area contributed by atoms with E-state index in [4.69, 9.17) is 0 Å². The molecule has 1 N–H and O–H groups in total. The first-order valence-electron chi connectivity index (χ1n) is 5.29. The molecule has 82 valence electrons. The zero-order valence-corrected chi connectivity index (χ0v) is 10.9. The van der Waals surface area contributed by atoms with Gasteiger partial charge in [0.25, 0.3) is 0 Å². The Morgan fingerprint density at radius 2 is 2.14 bits per heavy atom. The highest BCUT2D eigenvalue weighted by molar-refractivity contribution is 14.1.